The van der Waals surface area contributed by atoms with Crippen LogP contribution in [0.5, 0.6) is 0 Å². The Balaban J connectivity index is 1.53. The Morgan fingerprint density at radius 1 is 1.25 bits per heavy atom. The molecule has 0 spiro atoms. The molecular weight excluding hydrogens is 304 g/mol. The molecule has 0 radical (unpaired) electrons. The van der Waals surface area contributed by atoms with Gasteiger partial charge in [0.25, 0.3) is 0 Å². The van der Waals surface area contributed by atoms with E-state index in [0.717, 1.165) is 24.5 Å². The minimum atomic E-state index is -0.949. The van der Waals surface area contributed by atoms with E-state index in [2.05, 4.69) is 42.0 Å². The van der Waals surface area contributed by atoms with Crippen molar-refractivity contribution in [3.05, 3.63) is 60.4 Å². The van der Waals surface area contributed by atoms with Crippen LogP contribution < -0.4 is 0 Å². The fourth-order valence-electron chi connectivity index (χ4n) is 3.37. The fraction of sp³-hybridized carbons (Fsp3) is 0.353. The van der Waals surface area contributed by atoms with Crippen LogP contribution in [0.2, 0.25) is 0 Å². The van der Waals surface area contributed by atoms with Gasteiger partial charge in [-0.15, -0.1) is 0 Å². The van der Waals surface area contributed by atoms with Crippen molar-refractivity contribution in [1.82, 2.24) is 29.9 Å². The molecule has 1 atom stereocenters. The van der Waals surface area contributed by atoms with Gasteiger partial charge in [0.15, 0.2) is 0 Å². The van der Waals surface area contributed by atoms with Crippen LogP contribution in [0.15, 0.2) is 48.9 Å². The van der Waals surface area contributed by atoms with Gasteiger partial charge in [0.05, 0.1) is 12.7 Å². The number of imidazole rings is 1. The van der Waals surface area contributed by atoms with Gasteiger partial charge in [0.2, 0.25) is 0 Å². The Kier molecular flexibility index (Phi) is 3.87. The van der Waals surface area contributed by atoms with E-state index in [0.29, 0.717) is 25.2 Å². The lowest BCUT2D eigenvalue weighted by atomic mass is 9.90. The fourth-order valence-corrected chi connectivity index (χ4v) is 3.37. The van der Waals surface area contributed by atoms with E-state index in [4.69, 9.17) is 0 Å². The van der Waals surface area contributed by atoms with Gasteiger partial charge in [0, 0.05) is 24.6 Å². The van der Waals surface area contributed by atoms with Crippen LogP contribution in [-0.4, -0.2) is 48.1 Å². The number of hydrogen-bond donors (Lipinski definition) is 2. The zero-order valence-electron chi connectivity index (χ0n) is 13.3. The average Bonchev–Trinajstić information content (AvgIpc) is 3.28. The first-order chi connectivity index (χ1) is 11.7. The molecule has 0 amide bonds. The zero-order valence-corrected chi connectivity index (χ0v) is 13.3. The normalized spacial score (nSPS) is 21.9. The maximum Gasteiger partial charge on any atom is 0.127 e. The summed E-state index contributed by atoms with van der Waals surface area (Å²) in [5.41, 5.74) is 0.752. The van der Waals surface area contributed by atoms with Gasteiger partial charge in [-0.3, -0.25) is 4.90 Å². The van der Waals surface area contributed by atoms with E-state index in [1.165, 1.54) is 0 Å². The van der Waals surface area contributed by atoms with E-state index in [1.807, 2.05) is 30.6 Å². The van der Waals surface area contributed by atoms with Crippen molar-refractivity contribution >= 4 is 0 Å². The number of piperidine rings is 1. The predicted molar refractivity (Wildman–Crippen MR) is 88.4 cm³/mol. The third-order valence-electron chi connectivity index (χ3n) is 4.56. The molecule has 0 unspecified atom stereocenters. The number of benzene rings is 1. The molecule has 0 bridgehead atoms. The molecule has 2 N–H and O–H groups in total. The van der Waals surface area contributed by atoms with E-state index >= 15 is 0 Å². The summed E-state index contributed by atoms with van der Waals surface area (Å²) < 4.78 is 2.09. The van der Waals surface area contributed by atoms with Crippen molar-refractivity contribution in [3.63, 3.8) is 0 Å². The molecule has 1 saturated heterocycles. The second-order valence-electron chi connectivity index (χ2n) is 6.25. The Morgan fingerprint density at radius 3 is 2.92 bits per heavy atom. The van der Waals surface area contributed by atoms with E-state index in [1.54, 1.807) is 6.20 Å². The SMILES string of the molecule is O[C@]1(c2cn[nH]n2)CCCN(Cc2nccn2-c2ccccc2)C1. The van der Waals surface area contributed by atoms with Crippen LogP contribution in [0.25, 0.3) is 5.69 Å². The summed E-state index contributed by atoms with van der Waals surface area (Å²) in [6, 6.07) is 10.2. The molecule has 7 heteroatoms. The Hall–Kier alpha value is -2.51. The number of aromatic amines is 1. The first kappa shape index (κ1) is 15.0. The van der Waals surface area contributed by atoms with Gasteiger partial charge >= 0.3 is 0 Å². The summed E-state index contributed by atoms with van der Waals surface area (Å²) in [4.78, 5) is 6.72. The predicted octanol–water partition coefficient (Wildman–Crippen LogP) is 1.47. The third-order valence-corrected chi connectivity index (χ3v) is 4.56. The molecule has 3 heterocycles. The van der Waals surface area contributed by atoms with Gasteiger partial charge in [-0.05, 0) is 31.5 Å². The maximum absolute atomic E-state index is 10.9. The van der Waals surface area contributed by atoms with Crippen molar-refractivity contribution in [2.75, 3.05) is 13.1 Å². The first-order valence-corrected chi connectivity index (χ1v) is 8.13. The maximum atomic E-state index is 10.9. The number of hydrogen-bond acceptors (Lipinski definition) is 5. The van der Waals surface area contributed by atoms with Crippen molar-refractivity contribution in [3.8, 4) is 5.69 Å². The Morgan fingerprint density at radius 2 is 2.12 bits per heavy atom. The van der Waals surface area contributed by atoms with E-state index in [9.17, 15) is 5.11 Å². The van der Waals surface area contributed by atoms with Crippen LogP contribution in [0.1, 0.15) is 24.4 Å². The third kappa shape index (κ3) is 2.83. The summed E-state index contributed by atoms with van der Waals surface area (Å²) >= 11 is 0. The van der Waals surface area contributed by atoms with Gasteiger partial charge in [-0.2, -0.15) is 15.4 Å². The smallest absolute Gasteiger partial charge is 0.127 e. The molecule has 0 aliphatic carbocycles. The molecule has 3 aromatic rings. The van der Waals surface area contributed by atoms with Crippen molar-refractivity contribution in [2.24, 2.45) is 0 Å². The highest BCUT2D eigenvalue weighted by Crippen LogP contribution is 2.30. The number of aromatic nitrogens is 5. The number of nitrogens with one attached hydrogen (secondary N) is 1. The van der Waals surface area contributed by atoms with Gasteiger partial charge in [-0.25, -0.2) is 4.98 Å². The molecule has 24 heavy (non-hydrogen) atoms. The van der Waals surface area contributed by atoms with E-state index < -0.39 is 5.60 Å². The molecule has 4 rings (SSSR count). The van der Waals surface area contributed by atoms with Crippen LogP contribution in [-0.2, 0) is 12.1 Å². The number of aliphatic hydroxyl groups is 1. The monoisotopic (exact) mass is 324 g/mol. The standard InChI is InChI=1S/C17H20N6O/c24-17(15-11-19-21-20-15)7-4-9-22(13-17)12-16-18-8-10-23(16)14-5-2-1-3-6-14/h1-3,5-6,8,10-11,24H,4,7,9,12-13H2,(H,19,20,21)/t17-/m1/s1. The minimum absolute atomic E-state index is 0.529. The summed E-state index contributed by atoms with van der Waals surface area (Å²) in [6.45, 7) is 2.14. The van der Waals surface area contributed by atoms with Gasteiger partial charge < -0.3 is 9.67 Å². The van der Waals surface area contributed by atoms with Crippen LogP contribution in [0, 0.1) is 0 Å². The van der Waals surface area contributed by atoms with Gasteiger partial charge in [-0.1, -0.05) is 18.2 Å². The number of H-pyrrole nitrogens is 1. The van der Waals surface area contributed by atoms with E-state index in [-0.39, 0.29) is 0 Å². The Labute approximate surface area is 140 Å². The molecule has 7 nitrogen and oxygen atoms in total. The topological polar surface area (TPSA) is 82.9 Å². The molecule has 124 valence electrons. The van der Waals surface area contributed by atoms with Crippen LogP contribution >= 0.6 is 0 Å². The molecule has 0 saturated carbocycles. The van der Waals surface area contributed by atoms with Crippen molar-refractivity contribution in [1.29, 1.82) is 0 Å². The highest BCUT2D eigenvalue weighted by atomic mass is 16.3. The lowest BCUT2D eigenvalue weighted by molar-refractivity contribution is -0.0421. The molecule has 1 aliphatic rings. The average molecular weight is 324 g/mol. The first-order valence-electron chi connectivity index (χ1n) is 8.13. The largest absolute Gasteiger partial charge is 0.382 e. The van der Waals surface area contributed by atoms with Crippen molar-refractivity contribution < 1.29 is 5.11 Å². The second-order valence-corrected chi connectivity index (χ2v) is 6.25. The van der Waals surface area contributed by atoms with Crippen LogP contribution in [0.4, 0.5) is 0 Å². The lowest BCUT2D eigenvalue weighted by Gasteiger charge is -2.37. The minimum Gasteiger partial charge on any atom is -0.382 e. The number of para-hydroxylation sites is 1. The van der Waals surface area contributed by atoms with Crippen molar-refractivity contribution in [2.45, 2.75) is 25.0 Å². The highest BCUT2D eigenvalue weighted by molar-refractivity contribution is 5.32. The number of β-amino-alcohol motifs (C(OH)–C–C–N with tert-alkyl or cyclic N) is 1. The molecular formula is C17H20N6O. The number of likely N-dealkylation sites (tertiary alicyclic amines) is 1. The summed E-state index contributed by atoms with van der Waals surface area (Å²) in [7, 11) is 0. The Bertz CT molecular complexity index is 785. The molecule has 1 aromatic carbocycles. The second kappa shape index (κ2) is 6.18. The molecule has 2 aromatic heterocycles. The number of nitrogens with zero attached hydrogens (tertiary/aromatic N) is 5. The van der Waals surface area contributed by atoms with Crippen LogP contribution in [0.3, 0.4) is 0 Å². The molecule has 1 fully saturated rings. The summed E-state index contributed by atoms with van der Waals surface area (Å²) in [5.74, 6) is 0.964. The number of rotatable bonds is 4. The summed E-state index contributed by atoms with van der Waals surface area (Å²) in [6.07, 6.45) is 7.00. The lowest BCUT2D eigenvalue weighted by Crippen LogP contribution is -2.46. The highest BCUT2D eigenvalue weighted by Gasteiger charge is 2.37. The zero-order chi connectivity index (χ0) is 16.4. The quantitative estimate of drug-likeness (QED) is 0.759. The summed E-state index contributed by atoms with van der Waals surface area (Å²) in [5, 5.41) is 21.4. The van der Waals surface area contributed by atoms with Gasteiger partial charge in [0.1, 0.15) is 17.1 Å². The molecule has 1 aliphatic heterocycles.